The average Bonchev–Trinajstić information content (AvgIpc) is 3.06. The third-order valence-electron chi connectivity index (χ3n) is 4.99. The lowest BCUT2D eigenvalue weighted by Crippen LogP contribution is -2.30. The number of aromatic hydroxyl groups is 1. The van der Waals surface area contributed by atoms with Crippen molar-refractivity contribution in [2.75, 3.05) is 11.9 Å². The summed E-state index contributed by atoms with van der Waals surface area (Å²) in [6, 6.07) is 12.4. The number of nitrogens with one attached hydrogen (secondary N) is 1. The molecule has 0 bridgehead atoms. The third-order valence-corrected chi connectivity index (χ3v) is 4.99. The predicted octanol–water partition coefficient (Wildman–Crippen LogP) is 4.38. The minimum atomic E-state index is -0.486. The van der Waals surface area contributed by atoms with E-state index in [1.807, 2.05) is 56.5 Å². The Morgan fingerprint density at radius 1 is 1.27 bits per heavy atom. The second-order valence-electron chi connectivity index (χ2n) is 7.47. The first kappa shape index (κ1) is 19.8. The Hall–Kier alpha value is -3.48. The molecule has 7 nitrogen and oxygen atoms in total. The maximum atomic E-state index is 13.1. The molecule has 1 atom stereocenters. The fourth-order valence-electron chi connectivity index (χ4n) is 3.79. The molecule has 2 heterocycles. The first-order valence-corrected chi connectivity index (χ1v) is 10.0. The van der Waals surface area contributed by atoms with Gasteiger partial charge in [-0.2, -0.15) is 0 Å². The fraction of sp³-hybridized carbons (Fsp3) is 0.304. The number of imidazole rings is 1. The number of benzene rings is 2. The normalized spacial score (nSPS) is 15.8. The van der Waals surface area contributed by atoms with Crippen molar-refractivity contribution >= 4 is 23.0 Å². The monoisotopic (exact) mass is 407 g/mol. The van der Waals surface area contributed by atoms with Crippen molar-refractivity contribution in [1.29, 1.82) is 0 Å². The quantitative estimate of drug-likeness (QED) is 0.611. The van der Waals surface area contributed by atoms with Crippen LogP contribution in [-0.2, 0) is 9.53 Å². The summed E-state index contributed by atoms with van der Waals surface area (Å²) in [4.78, 5) is 17.8. The Balaban J connectivity index is 1.95. The first-order valence-electron chi connectivity index (χ1n) is 10.0. The van der Waals surface area contributed by atoms with Gasteiger partial charge in [-0.05, 0) is 57.5 Å². The lowest BCUT2D eigenvalue weighted by atomic mass is 9.94. The molecule has 30 heavy (non-hydrogen) atoms. The number of nitrogens with zero attached hydrogens (tertiary/aromatic N) is 2. The largest absolute Gasteiger partial charge is 0.504 e. The molecule has 156 valence electrons. The molecule has 7 heteroatoms. The van der Waals surface area contributed by atoms with Crippen LogP contribution in [0.4, 0.5) is 5.95 Å². The van der Waals surface area contributed by atoms with Crippen molar-refractivity contribution in [3.8, 4) is 11.5 Å². The van der Waals surface area contributed by atoms with Gasteiger partial charge in [0, 0.05) is 5.70 Å². The van der Waals surface area contributed by atoms with Crippen LogP contribution in [0.5, 0.6) is 11.5 Å². The lowest BCUT2D eigenvalue weighted by molar-refractivity contribution is -0.143. The SMILES string of the molecule is CCOc1cc([C@H]2C(C(=O)OC(C)C)=C(C)Nc3nc4ccccc4n32)ccc1O. The number of hydrogen-bond donors (Lipinski definition) is 2. The van der Waals surface area contributed by atoms with E-state index in [0.717, 1.165) is 16.6 Å². The summed E-state index contributed by atoms with van der Waals surface area (Å²) in [6.07, 6.45) is -0.252. The number of hydrogen-bond acceptors (Lipinski definition) is 6. The molecule has 0 fully saturated rings. The number of carbonyl (C=O) groups excluding carboxylic acids is 1. The Bertz CT molecular complexity index is 1150. The molecule has 1 aliphatic heterocycles. The van der Waals surface area contributed by atoms with Gasteiger partial charge in [-0.15, -0.1) is 0 Å². The molecule has 0 saturated carbocycles. The zero-order chi connectivity index (χ0) is 21.4. The Labute approximate surface area is 174 Å². The van der Waals surface area contributed by atoms with E-state index in [4.69, 9.17) is 14.5 Å². The number of esters is 1. The number of phenolic OH excluding ortho intramolecular Hbond substituents is 1. The highest BCUT2D eigenvalue weighted by Gasteiger charge is 2.35. The Kier molecular flexibility index (Phi) is 5.11. The van der Waals surface area contributed by atoms with Gasteiger partial charge in [0.05, 0.1) is 35.4 Å². The van der Waals surface area contributed by atoms with Gasteiger partial charge in [0.15, 0.2) is 11.5 Å². The summed E-state index contributed by atoms with van der Waals surface area (Å²) in [6.45, 7) is 7.76. The van der Waals surface area contributed by atoms with Gasteiger partial charge in [-0.3, -0.25) is 4.57 Å². The van der Waals surface area contributed by atoms with Crippen LogP contribution in [0.1, 0.15) is 39.3 Å². The summed E-state index contributed by atoms with van der Waals surface area (Å²) in [5, 5.41) is 13.4. The van der Waals surface area contributed by atoms with Crippen molar-refractivity contribution < 1.29 is 19.4 Å². The van der Waals surface area contributed by atoms with Crippen molar-refractivity contribution in [2.24, 2.45) is 0 Å². The molecule has 4 rings (SSSR count). The van der Waals surface area contributed by atoms with E-state index in [-0.39, 0.29) is 11.9 Å². The second-order valence-corrected chi connectivity index (χ2v) is 7.47. The third kappa shape index (κ3) is 3.36. The topological polar surface area (TPSA) is 85.6 Å². The minimum Gasteiger partial charge on any atom is -0.504 e. The Morgan fingerprint density at radius 3 is 2.77 bits per heavy atom. The number of anilines is 1. The van der Waals surface area contributed by atoms with Gasteiger partial charge in [0.2, 0.25) is 5.95 Å². The molecule has 2 N–H and O–H groups in total. The fourth-order valence-corrected chi connectivity index (χ4v) is 3.79. The average molecular weight is 407 g/mol. The number of fused-ring (bicyclic) bond motifs is 3. The van der Waals surface area contributed by atoms with Crippen LogP contribution >= 0.6 is 0 Å². The Morgan fingerprint density at radius 2 is 2.03 bits per heavy atom. The number of carbonyl (C=O) groups is 1. The summed E-state index contributed by atoms with van der Waals surface area (Å²) in [5.74, 6) is 0.672. The highest BCUT2D eigenvalue weighted by molar-refractivity contribution is 5.94. The molecule has 1 aromatic heterocycles. The summed E-state index contributed by atoms with van der Waals surface area (Å²) in [7, 11) is 0. The second kappa shape index (κ2) is 7.74. The zero-order valence-electron chi connectivity index (χ0n) is 17.5. The number of rotatable bonds is 5. The van der Waals surface area contributed by atoms with Crippen molar-refractivity contribution in [1.82, 2.24) is 9.55 Å². The molecule has 0 aliphatic carbocycles. The van der Waals surface area contributed by atoms with Crippen LogP contribution in [-0.4, -0.2) is 33.3 Å². The smallest absolute Gasteiger partial charge is 0.338 e. The van der Waals surface area contributed by atoms with Gasteiger partial charge in [-0.25, -0.2) is 9.78 Å². The van der Waals surface area contributed by atoms with Crippen molar-refractivity contribution in [3.05, 3.63) is 59.3 Å². The molecule has 0 unspecified atom stereocenters. The molecule has 2 aromatic carbocycles. The summed E-state index contributed by atoms with van der Waals surface area (Å²) >= 11 is 0. The number of para-hydroxylation sites is 2. The van der Waals surface area contributed by atoms with Crippen LogP contribution in [0.25, 0.3) is 11.0 Å². The van der Waals surface area contributed by atoms with Crippen LogP contribution in [0.15, 0.2) is 53.7 Å². The number of phenols is 1. The van der Waals surface area contributed by atoms with Crippen LogP contribution in [0.3, 0.4) is 0 Å². The lowest BCUT2D eigenvalue weighted by Gasteiger charge is -2.30. The number of ether oxygens (including phenoxy) is 2. The highest BCUT2D eigenvalue weighted by Crippen LogP contribution is 2.41. The standard InChI is InChI=1S/C23H25N3O4/c1-5-29-19-12-15(10-11-18(19)27)21-20(22(28)30-13(2)3)14(4)24-23-25-16-8-6-7-9-17(16)26(21)23/h6-13,21,27H,5H2,1-4H3,(H,24,25)/t21-/m0/s1. The van der Waals surface area contributed by atoms with Crippen LogP contribution in [0.2, 0.25) is 0 Å². The molecule has 1 aliphatic rings. The molecule has 0 amide bonds. The van der Waals surface area contributed by atoms with Gasteiger partial charge < -0.3 is 19.9 Å². The van der Waals surface area contributed by atoms with E-state index in [9.17, 15) is 9.90 Å². The molecule has 3 aromatic rings. The molecular weight excluding hydrogens is 382 g/mol. The van der Waals surface area contributed by atoms with Gasteiger partial charge >= 0.3 is 5.97 Å². The van der Waals surface area contributed by atoms with E-state index >= 15 is 0 Å². The maximum Gasteiger partial charge on any atom is 0.338 e. The maximum absolute atomic E-state index is 13.1. The van der Waals surface area contributed by atoms with Crippen LogP contribution < -0.4 is 10.1 Å². The van der Waals surface area contributed by atoms with E-state index in [1.165, 1.54) is 0 Å². The first-order chi connectivity index (χ1) is 14.4. The van der Waals surface area contributed by atoms with Crippen LogP contribution in [0, 0.1) is 0 Å². The van der Waals surface area contributed by atoms with Gasteiger partial charge in [-0.1, -0.05) is 18.2 Å². The van der Waals surface area contributed by atoms with Gasteiger partial charge in [0.1, 0.15) is 0 Å². The van der Waals surface area contributed by atoms with E-state index in [2.05, 4.69) is 5.32 Å². The van der Waals surface area contributed by atoms with Gasteiger partial charge in [0.25, 0.3) is 0 Å². The van der Waals surface area contributed by atoms with Crippen molar-refractivity contribution in [3.63, 3.8) is 0 Å². The van der Waals surface area contributed by atoms with Crippen molar-refractivity contribution in [2.45, 2.75) is 39.8 Å². The molecular formula is C23H25N3O4. The predicted molar refractivity (Wildman–Crippen MR) is 115 cm³/mol. The minimum absolute atomic E-state index is 0.0530. The van der Waals surface area contributed by atoms with E-state index < -0.39 is 12.0 Å². The molecule has 0 spiro atoms. The van der Waals surface area contributed by atoms with E-state index in [0.29, 0.717) is 29.6 Å². The zero-order valence-corrected chi connectivity index (χ0v) is 17.5. The summed E-state index contributed by atoms with van der Waals surface area (Å²) < 4.78 is 13.1. The molecule has 0 saturated heterocycles. The number of aromatic nitrogens is 2. The highest BCUT2D eigenvalue weighted by atomic mass is 16.5. The number of allylic oxidation sites excluding steroid dienone is 1. The van der Waals surface area contributed by atoms with E-state index in [1.54, 1.807) is 18.2 Å². The summed E-state index contributed by atoms with van der Waals surface area (Å²) in [5.41, 5.74) is 3.67. The molecule has 0 radical (unpaired) electrons.